The van der Waals surface area contributed by atoms with Gasteiger partial charge in [0.25, 0.3) is 0 Å². The highest BCUT2D eigenvalue weighted by Crippen LogP contribution is 2.32. The summed E-state index contributed by atoms with van der Waals surface area (Å²) < 4.78 is 0. The molecule has 3 heterocycles. The summed E-state index contributed by atoms with van der Waals surface area (Å²) in [6.45, 7) is 2.16. The Morgan fingerprint density at radius 1 is 1.36 bits per heavy atom. The summed E-state index contributed by atoms with van der Waals surface area (Å²) in [5, 5.41) is 11.2. The van der Waals surface area contributed by atoms with Crippen molar-refractivity contribution in [2.24, 2.45) is 0 Å². The maximum atomic E-state index is 12.7. The number of pyridine rings is 1. The molecule has 2 fully saturated rings. The number of nitrogens with zero attached hydrogens (tertiary/aromatic N) is 4. The number of carbonyl (C=O) groups excluding carboxylic acids is 1. The summed E-state index contributed by atoms with van der Waals surface area (Å²) in [4.78, 5) is 31.4. The first-order valence-corrected chi connectivity index (χ1v) is 8.56. The number of hydrogen-bond donors (Lipinski definition) is 0. The van der Waals surface area contributed by atoms with Crippen LogP contribution in [0.3, 0.4) is 0 Å². The third-order valence-electron chi connectivity index (χ3n) is 4.10. The SMILES string of the molecule is O=C([C@@H]1CCCN1c1ncccc1[N+](=O)[O-])N1CCSCC1. The zero-order valence-corrected chi connectivity index (χ0v) is 13.0. The lowest BCUT2D eigenvalue weighted by Gasteiger charge is -2.32. The molecule has 0 N–H and O–H groups in total. The predicted molar refractivity (Wildman–Crippen MR) is 85.2 cm³/mol. The van der Waals surface area contributed by atoms with Crippen LogP contribution in [0.4, 0.5) is 11.5 Å². The van der Waals surface area contributed by atoms with Crippen LogP contribution in [0.1, 0.15) is 12.8 Å². The Balaban J connectivity index is 1.84. The molecule has 8 heteroatoms. The van der Waals surface area contributed by atoms with Gasteiger partial charge in [-0.3, -0.25) is 14.9 Å². The van der Waals surface area contributed by atoms with E-state index in [9.17, 15) is 14.9 Å². The Hall–Kier alpha value is -1.83. The summed E-state index contributed by atoms with van der Waals surface area (Å²) in [5.74, 6) is 2.32. The maximum Gasteiger partial charge on any atom is 0.311 e. The molecule has 3 rings (SSSR count). The molecule has 118 valence electrons. The van der Waals surface area contributed by atoms with Crippen molar-refractivity contribution in [3.63, 3.8) is 0 Å². The second-order valence-corrected chi connectivity index (χ2v) is 6.62. The Morgan fingerprint density at radius 2 is 2.14 bits per heavy atom. The average molecular weight is 322 g/mol. The van der Waals surface area contributed by atoms with Gasteiger partial charge in [-0.15, -0.1) is 0 Å². The molecule has 7 nitrogen and oxygen atoms in total. The molecule has 0 spiro atoms. The van der Waals surface area contributed by atoms with Gasteiger partial charge in [0.15, 0.2) is 0 Å². The molecule has 0 unspecified atom stereocenters. The minimum Gasteiger partial charge on any atom is -0.339 e. The summed E-state index contributed by atoms with van der Waals surface area (Å²) in [7, 11) is 0. The summed E-state index contributed by atoms with van der Waals surface area (Å²) in [6, 6.07) is 2.67. The van der Waals surface area contributed by atoms with Crippen molar-refractivity contribution in [2.45, 2.75) is 18.9 Å². The third kappa shape index (κ3) is 2.87. The van der Waals surface area contributed by atoms with Gasteiger partial charge in [-0.1, -0.05) is 0 Å². The first-order valence-electron chi connectivity index (χ1n) is 7.41. The van der Waals surface area contributed by atoms with Gasteiger partial charge in [0.1, 0.15) is 6.04 Å². The van der Waals surface area contributed by atoms with Crippen LogP contribution in [0.15, 0.2) is 18.3 Å². The first-order chi connectivity index (χ1) is 10.7. The van der Waals surface area contributed by atoms with Gasteiger partial charge in [0.2, 0.25) is 11.7 Å². The van der Waals surface area contributed by atoms with Crippen molar-refractivity contribution < 1.29 is 9.72 Å². The molecule has 0 aliphatic carbocycles. The molecule has 2 saturated heterocycles. The zero-order chi connectivity index (χ0) is 15.5. The van der Waals surface area contributed by atoms with E-state index in [1.807, 2.05) is 21.6 Å². The number of hydrogen-bond acceptors (Lipinski definition) is 6. The van der Waals surface area contributed by atoms with Crippen molar-refractivity contribution in [3.05, 3.63) is 28.4 Å². The lowest BCUT2D eigenvalue weighted by molar-refractivity contribution is -0.384. The topological polar surface area (TPSA) is 79.6 Å². The lowest BCUT2D eigenvalue weighted by atomic mass is 10.2. The molecule has 0 bridgehead atoms. The maximum absolute atomic E-state index is 12.7. The highest BCUT2D eigenvalue weighted by Gasteiger charge is 2.37. The molecule has 0 radical (unpaired) electrons. The molecule has 0 saturated carbocycles. The largest absolute Gasteiger partial charge is 0.339 e. The van der Waals surface area contributed by atoms with Crippen LogP contribution >= 0.6 is 11.8 Å². The Kier molecular flexibility index (Phi) is 4.47. The van der Waals surface area contributed by atoms with Crippen LogP contribution in [-0.4, -0.2) is 57.9 Å². The van der Waals surface area contributed by atoms with Crippen LogP contribution in [-0.2, 0) is 4.79 Å². The van der Waals surface area contributed by atoms with E-state index in [0.29, 0.717) is 12.4 Å². The molecule has 1 aromatic heterocycles. The van der Waals surface area contributed by atoms with E-state index in [2.05, 4.69) is 4.98 Å². The van der Waals surface area contributed by atoms with Gasteiger partial charge in [-0.2, -0.15) is 11.8 Å². The van der Waals surface area contributed by atoms with Crippen molar-refractivity contribution >= 4 is 29.2 Å². The zero-order valence-electron chi connectivity index (χ0n) is 12.2. The van der Waals surface area contributed by atoms with Crippen LogP contribution < -0.4 is 4.90 Å². The molecule has 1 amide bonds. The van der Waals surface area contributed by atoms with E-state index < -0.39 is 4.92 Å². The van der Waals surface area contributed by atoms with Gasteiger partial charge < -0.3 is 9.80 Å². The van der Waals surface area contributed by atoms with E-state index in [4.69, 9.17) is 0 Å². The minimum atomic E-state index is -0.431. The molecule has 2 aliphatic heterocycles. The van der Waals surface area contributed by atoms with Gasteiger partial charge >= 0.3 is 5.69 Å². The fourth-order valence-corrected chi connectivity index (χ4v) is 3.93. The van der Waals surface area contributed by atoms with E-state index >= 15 is 0 Å². The summed E-state index contributed by atoms with van der Waals surface area (Å²) in [6.07, 6.45) is 3.13. The summed E-state index contributed by atoms with van der Waals surface area (Å²) in [5.41, 5.74) is -0.0311. The number of carbonyl (C=O) groups is 1. The monoisotopic (exact) mass is 322 g/mol. The van der Waals surface area contributed by atoms with Crippen molar-refractivity contribution in [2.75, 3.05) is 36.0 Å². The van der Waals surface area contributed by atoms with E-state index in [1.54, 1.807) is 12.3 Å². The van der Waals surface area contributed by atoms with Crippen molar-refractivity contribution in [3.8, 4) is 0 Å². The number of aromatic nitrogens is 1. The normalized spacial score (nSPS) is 21.9. The van der Waals surface area contributed by atoms with E-state index in [0.717, 1.165) is 37.4 Å². The third-order valence-corrected chi connectivity index (χ3v) is 5.04. The molecular formula is C14H18N4O3S. The number of nitro groups is 1. The lowest BCUT2D eigenvalue weighted by Crippen LogP contribution is -2.48. The van der Waals surface area contributed by atoms with E-state index in [1.165, 1.54) is 6.07 Å². The van der Waals surface area contributed by atoms with Crippen LogP contribution in [0.25, 0.3) is 0 Å². The number of anilines is 1. The number of rotatable bonds is 3. The molecule has 0 aromatic carbocycles. The molecule has 1 aromatic rings. The Bertz CT molecular complexity index is 577. The Morgan fingerprint density at radius 3 is 2.86 bits per heavy atom. The molecular weight excluding hydrogens is 304 g/mol. The fourth-order valence-electron chi connectivity index (χ4n) is 3.02. The van der Waals surface area contributed by atoms with Gasteiger partial charge in [-0.25, -0.2) is 4.98 Å². The molecule has 2 aliphatic rings. The number of thioether (sulfide) groups is 1. The fraction of sp³-hybridized carbons (Fsp3) is 0.571. The first kappa shape index (κ1) is 15.1. The smallest absolute Gasteiger partial charge is 0.311 e. The predicted octanol–water partition coefficient (Wildman–Crippen LogP) is 1.53. The van der Waals surface area contributed by atoms with Crippen LogP contribution in [0.2, 0.25) is 0 Å². The van der Waals surface area contributed by atoms with Crippen LogP contribution in [0.5, 0.6) is 0 Å². The van der Waals surface area contributed by atoms with Crippen molar-refractivity contribution in [1.29, 1.82) is 0 Å². The van der Waals surface area contributed by atoms with E-state index in [-0.39, 0.29) is 17.6 Å². The van der Waals surface area contributed by atoms with Crippen LogP contribution in [0, 0.1) is 10.1 Å². The van der Waals surface area contributed by atoms with Gasteiger partial charge in [0, 0.05) is 43.4 Å². The van der Waals surface area contributed by atoms with Gasteiger partial charge in [-0.05, 0) is 18.9 Å². The summed E-state index contributed by atoms with van der Waals surface area (Å²) >= 11 is 1.85. The van der Waals surface area contributed by atoms with Gasteiger partial charge in [0.05, 0.1) is 4.92 Å². The second kappa shape index (κ2) is 6.51. The highest BCUT2D eigenvalue weighted by atomic mass is 32.2. The Labute approximate surface area is 132 Å². The number of amides is 1. The van der Waals surface area contributed by atoms with Crippen molar-refractivity contribution in [1.82, 2.24) is 9.88 Å². The minimum absolute atomic E-state index is 0.0311. The highest BCUT2D eigenvalue weighted by molar-refractivity contribution is 7.99. The second-order valence-electron chi connectivity index (χ2n) is 5.39. The standard InChI is InChI=1S/C14H18N4O3S/c19-14(16-7-9-22-10-8-16)12-4-2-6-17(12)13-11(18(20)21)3-1-5-15-13/h1,3,5,12H,2,4,6-10H2/t12-/m0/s1. The molecule has 1 atom stereocenters. The molecule has 22 heavy (non-hydrogen) atoms. The average Bonchev–Trinajstić information content (AvgIpc) is 3.04. The quantitative estimate of drug-likeness (QED) is 0.620.